The second kappa shape index (κ2) is 4.08. The number of allylic oxidation sites excluding steroid dienone is 2. The molecule has 1 aliphatic rings. The van der Waals surface area contributed by atoms with Gasteiger partial charge in [-0.3, -0.25) is 14.4 Å². The van der Waals surface area contributed by atoms with Crippen molar-refractivity contribution in [1.29, 1.82) is 0 Å². The number of carbonyl (C=O) groups excluding carboxylic acids is 3. The predicted octanol–water partition coefficient (Wildman–Crippen LogP) is 0.158. The molecule has 1 aliphatic carbocycles. The Morgan fingerprint density at radius 2 is 1.80 bits per heavy atom. The summed E-state index contributed by atoms with van der Waals surface area (Å²) in [5.41, 5.74) is -0.262. The average molecular weight is 210 g/mol. The fourth-order valence-electron chi connectivity index (χ4n) is 1.27. The summed E-state index contributed by atoms with van der Waals surface area (Å²) in [5, 5.41) is 0. The Labute approximate surface area is 86.4 Å². The summed E-state index contributed by atoms with van der Waals surface area (Å²) in [6.07, 6.45) is 1.01. The number of rotatable bonds is 3. The minimum atomic E-state index is -0.624. The molecule has 0 aliphatic heterocycles. The third-order valence-corrected chi connectivity index (χ3v) is 1.94. The molecule has 0 N–H and O–H groups in total. The molecule has 80 valence electrons. The molecule has 0 atom stereocenters. The van der Waals surface area contributed by atoms with Gasteiger partial charge in [0.2, 0.25) is 11.6 Å². The molecule has 0 aromatic heterocycles. The van der Waals surface area contributed by atoms with Crippen LogP contribution in [0.25, 0.3) is 0 Å². The van der Waals surface area contributed by atoms with Gasteiger partial charge in [-0.1, -0.05) is 0 Å². The fraction of sp³-hybridized carbons (Fsp3) is 0.300. The van der Waals surface area contributed by atoms with Crippen LogP contribution in [0.5, 0.6) is 0 Å². The Balaban J connectivity index is 3.31. The Hall–Kier alpha value is -1.91. The van der Waals surface area contributed by atoms with Crippen LogP contribution in [-0.4, -0.2) is 31.6 Å². The molecule has 0 bridgehead atoms. The van der Waals surface area contributed by atoms with Gasteiger partial charge in [0.1, 0.15) is 5.57 Å². The summed E-state index contributed by atoms with van der Waals surface area (Å²) in [7, 11) is 2.49. The monoisotopic (exact) mass is 210 g/mol. The summed E-state index contributed by atoms with van der Waals surface area (Å²) in [6.45, 7) is 1.19. The van der Waals surface area contributed by atoms with Crippen LogP contribution < -0.4 is 0 Å². The van der Waals surface area contributed by atoms with Gasteiger partial charge in [-0.25, -0.2) is 0 Å². The standard InChI is InChI=1S/C10H10O5/c1-5(11)8-9(13)7(14-2)4-6(12)10(8)15-3/h4H,1-3H3. The van der Waals surface area contributed by atoms with Gasteiger partial charge in [0.05, 0.1) is 14.2 Å². The zero-order valence-electron chi connectivity index (χ0n) is 8.62. The molecule has 5 heteroatoms. The van der Waals surface area contributed by atoms with E-state index < -0.39 is 17.3 Å². The number of ketones is 3. The van der Waals surface area contributed by atoms with Gasteiger partial charge < -0.3 is 9.47 Å². The summed E-state index contributed by atoms with van der Waals surface area (Å²) < 4.78 is 9.42. The summed E-state index contributed by atoms with van der Waals surface area (Å²) >= 11 is 0. The van der Waals surface area contributed by atoms with Crippen molar-refractivity contribution in [2.45, 2.75) is 6.92 Å². The minimum absolute atomic E-state index is 0.147. The highest BCUT2D eigenvalue weighted by Gasteiger charge is 2.32. The van der Waals surface area contributed by atoms with E-state index in [0.717, 1.165) is 6.08 Å². The number of carbonyl (C=O) groups is 3. The zero-order valence-corrected chi connectivity index (χ0v) is 8.62. The molecule has 5 nitrogen and oxygen atoms in total. The number of ether oxygens (including phenoxy) is 2. The van der Waals surface area contributed by atoms with E-state index in [4.69, 9.17) is 9.47 Å². The Morgan fingerprint density at radius 1 is 1.20 bits per heavy atom. The van der Waals surface area contributed by atoms with Crippen LogP contribution in [0.1, 0.15) is 6.92 Å². The molecule has 0 fully saturated rings. The quantitative estimate of drug-likeness (QED) is 0.490. The van der Waals surface area contributed by atoms with Gasteiger partial charge in [0, 0.05) is 6.08 Å². The topological polar surface area (TPSA) is 69.7 Å². The van der Waals surface area contributed by atoms with Crippen molar-refractivity contribution in [3.8, 4) is 0 Å². The maximum absolute atomic E-state index is 11.6. The summed E-state index contributed by atoms with van der Waals surface area (Å²) in [4.78, 5) is 34.2. The van der Waals surface area contributed by atoms with Crippen LogP contribution in [0, 0.1) is 0 Å². The van der Waals surface area contributed by atoms with Crippen molar-refractivity contribution in [3.63, 3.8) is 0 Å². The van der Waals surface area contributed by atoms with Gasteiger partial charge >= 0.3 is 0 Å². The largest absolute Gasteiger partial charge is 0.492 e. The molecule has 0 spiro atoms. The Kier molecular flexibility index (Phi) is 3.04. The molecule has 0 radical (unpaired) electrons. The first-order valence-electron chi connectivity index (χ1n) is 4.16. The van der Waals surface area contributed by atoms with Crippen LogP contribution in [0.3, 0.4) is 0 Å². The first-order chi connectivity index (χ1) is 7.02. The SMILES string of the molecule is COC1=CC(=O)C(OC)=C(C(C)=O)C1=O. The van der Waals surface area contributed by atoms with E-state index in [1.54, 1.807) is 0 Å². The van der Waals surface area contributed by atoms with E-state index in [1.165, 1.54) is 21.1 Å². The first kappa shape index (κ1) is 11.2. The maximum Gasteiger partial charge on any atom is 0.235 e. The zero-order chi connectivity index (χ0) is 11.6. The van der Waals surface area contributed by atoms with E-state index in [0.29, 0.717) is 0 Å². The van der Waals surface area contributed by atoms with Crippen LogP contribution in [0.4, 0.5) is 0 Å². The molecule has 0 heterocycles. The Bertz CT molecular complexity index is 400. The summed E-state index contributed by atoms with van der Waals surface area (Å²) in [5.74, 6) is -2.06. The van der Waals surface area contributed by atoms with Crippen molar-refractivity contribution >= 4 is 17.3 Å². The van der Waals surface area contributed by atoms with Gasteiger partial charge in [0.25, 0.3) is 0 Å². The molecule has 0 unspecified atom stereocenters. The predicted molar refractivity (Wildman–Crippen MR) is 49.8 cm³/mol. The first-order valence-corrected chi connectivity index (χ1v) is 4.16. The number of methoxy groups -OCH3 is 2. The van der Waals surface area contributed by atoms with Gasteiger partial charge in [0.15, 0.2) is 17.3 Å². The van der Waals surface area contributed by atoms with Crippen molar-refractivity contribution in [1.82, 2.24) is 0 Å². The third-order valence-electron chi connectivity index (χ3n) is 1.94. The number of hydrogen-bond acceptors (Lipinski definition) is 5. The van der Waals surface area contributed by atoms with Crippen LogP contribution >= 0.6 is 0 Å². The van der Waals surface area contributed by atoms with Crippen molar-refractivity contribution in [2.75, 3.05) is 14.2 Å². The third kappa shape index (κ3) is 1.81. The Morgan fingerprint density at radius 3 is 2.20 bits per heavy atom. The van der Waals surface area contributed by atoms with Crippen molar-refractivity contribution < 1.29 is 23.9 Å². The van der Waals surface area contributed by atoms with E-state index in [-0.39, 0.29) is 17.1 Å². The fourth-order valence-corrected chi connectivity index (χ4v) is 1.27. The van der Waals surface area contributed by atoms with Crippen LogP contribution in [-0.2, 0) is 23.9 Å². The highest BCUT2D eigenvalue weighted by molar-refractivity contribution is 6.32. The number of hydrogen-bond donors (Lipinski definition) is 0. The molecular formula is C10H10O5. The second-order valence-electron chi connectivity index (χ2n) is 2.87. The lowest BCUT2D eigenvalue weighted by atomic mass is 9.97. The molecule has 1 rings (SSSR count). The van der Waals surface area contributed by atoms with Gasteiger partial charge in [-0.2, -0.15) is 0 Å². The smallest absolute Gasteiger partial charge is 0.235 e. The van der Waals surface area contributed by atoms with Crippen molar-refractivity contribution in [3.05, 3.63) is 23.2 Å². The minimum Gasteiger partial charge on any atom is -0.492 e. The highest BCUT2D eigenvalue weighted by atomic mass is 16.5. The molecule has 0 aromatic carbocycles. The molecule has 0 aromatic rings. The van der Waals surface area contributed by atoms with E-state index in [2.05, 4.69) is 0 Å². The van der Waals surface area contributed by atoms with Crippen LogP contribution in [0.2, 0.25) is 0 Å². The molecule has 0 saturated heterocycles. The highest BCUT2D eigenvalue weighted by Crippen LogP contribution is 2.20. The van der Waals surface area contributed by atoms with Gasteiger partial charge in [-0.15, -0.1) is 0 Å². The van der Waals surface area contributed by atoms with E-state index in [9.17, 15) is 14.4 Å². The summed E-state index contributed by atoms with van der Waals surface area (Å²) in [6, 6.07) is 0. The molecule has 15 heavy (non-hydrogen) atoms. The lowest BCUT2D eigenvalue weighted by Gasteiger charge is -2.14. The average Bonchev–Trinajstić information content (AvgIpc) is 2.19. The lowest BCUT2D eigenvalue weighted by molar-refractivity contribution is -0.123. The lowest BCUT2D eigenvalue weighted by Crippen LogP contribution is -2.25. The molecular weight excluding hydrogens is 200 g/mol. The number of Topliss-reactive ketones (excluding diaryl/α,β-unsaturated/α-hetero) is 2. The van der Waals surface area contributed by atoms with Crippen molar-refractivity contribution in [2.24, 2.45) is 0 Å². The van der Waals surface area contributed by atoms with E-state index >= 15 is 0 Å². The van der Waals surface area contributed by atoms with Crippen LogP contribution in [0.15, 0.2) is 23.2 Å². The van der Waals surface area contributed by atoms with Gasteiger partial charge in [-0.05, 0) is 6.92 Å². The molecule has 0 saturated carbocycles. The second-order valence-corrected chi connectivity index (χ2v) is 2.87. The molecule has 0 amide bonds. The normalized spacial score (nSPS) is 16.3. The van der Waals surface area contributed by atoms with E-state index in [1.807, 2.05) is 0 Å². The maximum atomic E-state index is 11.6.